The van der Waals surface area contributed by atoms with E-state index in [0.717, 1.165) is 30.1 Å². The molecular weight excluding hydrogens is 381 g/mol. The normalized spacial score (nSPS) is 19.5. The van der Waals surface area contributed by atoms with Crippen molar-refractivity contribution < 1.29 is 19.0 Å². The molecule has 0 bridgehead atoms. The van der Waals surface area contributed by atoms with Gasteiger partial charge in [-0.1, -0.05) is 51.1 Å². The molecule has 1 aliphatic rings. The molecule has 30 heavy (non-hydrogen) atoms. The molecule has 0 aliphatic heterocycles. The molecule has 5 heteroatoms. The molecule has 1 saturated carbocycles. The van der Waals surface area contributed by atoms with Crippen LogP contribution in [0, 0.1) is 17.2 Å². The second-order valence-electron chi connectivity index (χ2n) is 9.26. The maximum Gasteiger partial charge on any atom is 0.317 e. The van der Waals surface area contributed by atoms with Crippen LogP contribution in [0.2, 0.25) is 0 Å². The Morgan fingerprint density at radius 1 is 1.10 bits per heavy atom. The van der Waals surface area contributed by atoms with Crippen LogP contribution in [-0.2, 0) is 11.3 Å². The van der Waals surface area contributed by atoms with Gasteiger partial charge in [-0.3, -0.25) is 4.79 Å². The monoisotopic (exact) mass is 413 g/mol. The Balaban J connectivity index is 1.61. The highest BCUT2D eigenvalue weighted by Gasteiger charge is 2.30. The fourth-order valence-electron chi connectivity index (χ4n) is 4.20. The van der Waals surface area contributed by atoms with Crippen LogP contribution in [0.3, 0.4) is 0 Å². The Morgan fingerprint density at radius 3 is 2.37 bits per heavy atom. The van der Waals surface area contributed by atoms with Crippen molar-refractivity contribution in [1.82, 2.24) is 5.32 Å². The molecule has 0 amide bonds. The van der Waals surface area contributed by atoms with E-state index in [9.17, 15) is 9.18 Å². The van der Waals surface area contributed by atoms with E-state index in [1.807, 2.05) is 24.3 Å². The SMILES string of the molecule is CC(C)(C)[C@H]1CC[C@@H](Oc2ccc(-c3cccc(CNCC(=O)O)c3F)cc2)CC1. The number of aliphatic carboxylic acids is 1. The van der Waals surface area contributed by atoms with Gasteiger partial charge in [0.2, 0.25) is 0 Å². The van der Waals surface area contributed by atoms with Crippen LogP contribution in [0.25, 0.3) is 11.1 Å². The molecule has 0 aromatic heterocycles. The summed E-state index contributed by atoms with van der Waals surface area (Å²) in [7, 11) is 0. The molecule has 3 rings (SSSR count). The lowest BCUT2D eigenvalue weighted by Gasteiger charge is -2.36. The zero-order chi connectivity index (χ0) is 21.7. The Bertz CT molecular complexity index is 850. The summed E-state index contributed by atoms with van der Waals surface area (Å²) in [6, 6.07) is 12.7. The van der Waals surface area contributed by atoms with E-state index in [0.29, 0.717) is 16.5 Å². The molecule has 1 fully saturated rings. The Kier molecular flexibility index (Phi) is 7.14. The molecule has 0 radical (unpaired) electrons. The number of benzene rings is 2. The molecule has 162 valence electrons. The fraction of sp³-hybridized carbons (Fsp3) is 0.480. The number of hydrogen-bond acceptors (Lipinski definition) is 3. The summed E-state index contributed by atoms with van der Waals surface area (Å²) in [6.07, 6.45) is 4.78. The summed E-state index contributed by atoms with van der Waals surface area (Å²) >= 11 is 0. The van der Waals surface area contributed by atoms with Crippen molar-refractivity contribution in [2.24, 2.45) is 11.3 Å². The maximum absolute atomic E-state index is 14.9. The first-order valence-electron chi connectivity index (χ1n) is 10.7. The molecule has 2 N–H and O–H groups in total. The van der Waals surface area contributed by atoms with Gasteiger partial charge in [0.05, 0.1) is 12.6 Å². The lowest BCUT2D eigenvalue weighted by Crippen LogP contribution is -2.30. The molecule has 0 spiro atoms. The zero-order valence-electron chi connectivity index (χ0n) is 18.1. The lowest BCUT2D eigenvalue weighted by molar-refractivity contribution is -0.136. The van der Waals surface area contributed by atoms with Crippen molar-refractivity contribution >= 4 is 5.97 Å². The minimum absolute atomic E-state index is 0.171. The second kappa shape index (κ2) is 9.61. The molecular formula is C25H32FNO3. The van der Waals surface area contributed by atoms with Crippen LogP contribution < -0.4 is 10.1 Å². The highest BCUT2D eigenvalue weighted by atomic mass is 19.1. The second-order valence-corrected chi connectivity index (χ2v) is 9.26. The fourth-order valence-corrected chi connectivity index (χ4v) is 4.20. The van der Waals surface area contributed by atoms with Crippen molar-refractivity contribution in [3.63, 3.8) is 0 Å². The van der Waals surface area contributed by atoms with Crippen LogP contribution >= 0.6 is 0 Å². The topological polar surface area (TPSA) is 58.6 Å². The van der Waals surface area contributed by atoms with Gasteiger partial charge >= 0.3 is 5.97 Å². The summed E-state index contributed by atoms with van der Waals surface area (Å²) in [5, 5.41) is 11.4. The molecule has 2 aromatic carbocycles. The van der Waals surface area contributed by atoms with E-state index in [2.05, 4.69) is 26.1 Å². The third kappa shape index (κ3) is 5.82. The molecule has 0 atom stereocenters. The maximum atomic E-state index is 14.9. The number of hydrogen-bond donors (Lipinski definition) is 2. The summed E-state index contributed by atoms with van der Waals surface area (Å²) in [5.74, 6) is 0.274. The van der Waals surface area contributed by atoms with Gasteiger partial charge in [0.25, 0.3) is 0 Å². The molecule has 2 aromatic rings. The predicted octanol–water partition coefficient (Wildman–Crippen LogP) is 5.65. The summed E-state index contributed by atoms with van der Waals surface area (Å²) in [5.41, 5.74) is 2.08. The van der Waals surface area contributed by atoms with E-state index in [-0.39, 0.29) is 25.0 Å². The third-order valence-corrected chi connectivity index (χ3v) is 6.04. The van der Waals surface area contributed by atoms with E-state index in [4.69, 9.17) is 9.84 Å². The molecule has 0 unspecified atom stereocenters. The number of ether oxygens (including phenoxy) is 1. The van der Waals surface area contributed by atoms with Crippen molar-refractivity contribution in [3.05, 3.63) is 53.8 Å². The first-order chi connectivity index (χ1) is 14.2. The van der Waals surface area contributed by atoms with Gasteiger partial charge in [0.15, 0.2) is 0 Å². The van der Waals surface area contributed by atoms with Gasteiger partial charge in [-0.25, -0.2) is 4.39 Å². The number of rotatable bonds is 7. The first kappa shape index (κ1) is 22.3. The van der Waals surface area contributed by atoms with E-state index in [1.54, 1.807) is 18.2 Å². The third-order valence-electron chi connectivity index (χ3n) is 6.04. The van der Waals surface area contributed by atoms with Gasteiger partial charge in [-0.2, -0.15) is 0 Å². The van der Waals surface area contributed by atoms with Gasteiger partial charge in [0, 0.05) is 17.7 Å². The van der Waals surface area contributed by atoms with Crippen LogP contribution in [0.15, 0.2) is 42.5 Å². The highest BCUT2D eigenvalue weighted by molar-refractivity contribution is 5.69. The lowest BCUT2D eigenvalue weighted by atomic mass is 9.72. The van der Waals surface area contributed by atoms with Crippen LogP contribution in [-0.4, -0.2) is 23.7 Å². The van der Waals surface area contributed by atoms with Crippen molar-refractivity contribution in [2.45, 2.75) is 59.1 Å². The Morgan fingerprint density at radius 2 is 1.77 bits per heavy atom. The predicted molar refractivity (Wildman–Crippen MR) is 117 cm³/mol. The number of carbonyl (C=O) groups is 1. The van der Waals surface area contributed by atoms with Crippen molar-refractivity contribution in [2.75, 3.05) is 6.54 Å². The average Bonchev–Trinajstić information content (AvgIpc) is 2.69. The van der Waals surface area contributed by atoms with E-state index in [1.165, 1.54) is 12.8 Å². The van der Waals surface area contributed by atoms with Crippen LogP contribution in [0.5, 0.6) is 5.75 Å². The molecule has 1 aliphatic carbocycles. The van der Waals surface area contributed by atoms with Gasteiger partial charge in [-0.05, 0) is 54.7 Å². The number of halogens is 1. The average molecular weight is 414 g/mol. The van der Waals surface area contributed by atoms with E-state index >= 15 is 0 Å². The minimum Gasteiger partial charge on any atom is -0.490 e. The Labute approximate surface area is 178 Å². The van der Waals surface area contributed by atoms with Crippen LogP contribution in [0.4, 0.5) is 4.39 Å². The molecule has 4 nitrogen and oxygen atoms in total. The van der Waals surface area contributed by atoms with Crippen molar-refractivity contribution in [1.29, 1.82) is 0 Å². The molecule has 0 heterocycles. The van der Waals surface area contributed by atoms with Crippen molar-refractivity contribution in [3.8, 4) is 16.9 Å². The minimum atomic E-state index is -0.964. The largest absolute Gasteiger partial charge is 0.490 e. The standard InChI is InChI=1S/C25H32FNO3/c1-25(2,3)19-9-13-21(14-10-19)30-20-11-7-17(8-12-20)22-6-4-5-18(24(22)26)15-27-16-23(28)29/h4-8,11-12,19,21,27H,9-10,13-16H2,1-3H3,(H,28,29)/t19-,21+. The van der Waals surface area contributed by atoms with Gasteiger partial charge in [-0.15, -0.1) is 0 Å². The van der Waals surface area contributed by atoms with E-state index < -0.39 is 5.97 Å². The number of carboxylic acids is 1. The zero-order valence-corrected chi connectivity index (χ0v) is 18.1. The summed E-state index contributed by atoms with van der Waals surface area (Å²) < 4.78 is 21.0. The summed E-state index contributed by atoms with van der Waals surface area (Å²) in [6.45, 7) is 6.91. The van der Waals surface area contributed by atoms with Gasteiger partial charge < -0.3 is 15.2 Å². The number of carboxylic acid groups (broad SMARTS) is 1. The van der Waals surface area contributed by atoms with Crippen LogP contribution in [0.1, 0.15) is 52.0 Å². The van der Waals surface area contributed by atoms with Gasteiger partial charge in [0.1, 0.15) is 11.6 Å². The number of nitrogens with one attached hydrogen (secondary N) is 1. The quantitative estimate of drug-likeness (QED) is 0.616. The Hall–Kier alpha value is -2.40. The summed E-state index contributed by atoms with van der Waals surface area (Å²) in [4.78, 5) is 10.6. The molecule has 0 saturated heterocycles. The first-order valence-corrected chi connectivity index (χ1v) is 10.7. The smallest absolute Gasteiger partial charge is 0.317 e. The highest BCUT2D eigenvalue weighted by Crippen LogP contribution is 2.39.